The molecule has 0 aliphatic carbocycles. The number of fused-ring (bicyclic) bond motifs is 3. The van der Waals surface area contributed by atoms with E-state index in [4.69, 9.17) is 4.74 Å². The summed E-state index contributed by atoms with van der Waals surface area (Å²) in [5.74, 6) is 0.971. The SMILES string of the molecule is CCCOc1ccccc1C=CC12NC(=O)CCN1c1ccc(C)cc1C2(C)C. The largest absolute Gasteiger partial charge is 0.493 e. The maximum absolute atomic E-state index is 12.5. The lowest BCUT2D eigenvalue weighted by molar-refractivity contribution is -0.124. The number of anilines is 1. The zero-order valence-corrected chi connectivity index (χ0v) is 17.8. The summed E-state index contributed by atoms with van der Waals surface area (Å²) < 4.78 is 5.93. The molecule has 0 saturated carbocycles. The smallest absolute Gasteiger partial charge is 0.223 e. The van der Waals surface area contributed by atoms with E-state index in [1.165, 1.54) is 16.8 Å². The Morgan fingerprint density at radius 3 is 2.79 bits per heavy atom. The van der Waals surface area contributed by atoms with Crippen LogP contribution in [0.4, 0.5) is 5.69 Å². The molecule has 2 aliphatic rings. The highest BCUT2D eigenvalue weighted by molar-refractivity contribution is 5.85. The van der Waals surface area contributed by atoms with E-state index in [9.17, 15) is 4.79 Å². The van der Waals surface area contributed by atoms with Gasteiger partial charge in [0.05, 0.1) is 6.61 Å². The molecule has 0 radical (unpaired) electrons. The summed E-state index contributed by atoms with van der Waals surface area (Å²) in [5.41, 5.74) is 3.87. The first-order chi connectivity index (χ1) is 13.9. The van der Waals surface area contributed by atoms with Crippen LogP contribution in [0.3, 0.4) is 0 Å². The Kier molecular flexibility index (Phi) is 4.89. The van der Waals surface area contributed by atoms with Crippen molar-refractivity contribution in [1.82, 2.24) is 5.32 Å². The van der Waals surface area contributed by atoms with E-state index in [0.29, 0.717) is 19.6 Å². The Morgan fingerprint density at radius 2 is 2.00 bits per heavy atom. The van der Waals surface area contributed by atoms with E-state index < -0.39 is 5.66 Å². The van der Waals surface area contributed by atoms with Gasteiger partial charge in [0.15, 0.2) is 0 Å². The second-order valence-corrected chi connectivity index (χ2v) is 8.58. The minimum atomic E-state index is -0.601. The summed E-state index contributed by atoms with van der Waals surface area (Å²) in [4.78, 5) is 14.9. The summed E-state index contributed by atoms with van der Waals surface area (Å²) >= 11 is 0. The van der Waals surface area contributed by atoms with Gasteiger partial charge in [-0.25, -0.2) is 0 Å². The minimum absolute atomic E-state index is 0.0963. The van der Waals surface area contributed by atoms with Crippen LogP contribution in [0.2, 0.25) is 0 Å². The van der Waals surface area contributed by atoms with Gasteiger partial charge < -0.3 is 15.0 Å². The molecule has 1 amide bonds. The molecule has 0 spiro atoms. The molecule has 2 aromatic rings. The van der Waals surface area contributed by atoms with Gasteiger partial charge >= 0.3 is 0 Å². The maximum Gasteiger partial charge on any atom is 0.223 e. The highest BCUT2D eigenvalue weighted by atomic mass is 16.5. The van der Waals surface area contributed by atoms with E-state index in [-0.39, 0.29) is 11.3 Å². The molecule has 1 saturated heterocycles. The van der Waals surface area contributed by atoms with Crippen LogP contribution in [-0.2, 0) is 10.2 Å². The van der Waals surface area contributed by atoms with Gasteiger partial charge in [0.2, 0.25) is 5.91 Å². The standard InChI is InChI=1S/C25H30N2O2/c1-5-16-29-22-9-7-6-8-19(22)12-14-25-24(3,4)20-17-18(2)10-11-21(20)27(25)15-13-23(28)26-25/h6-12,14,17H,5,13,15-16H2,1-4H3,(H,26,28). The Labute approximate surface area is 173 Å². The van der Waals surface area contributed by atoms with Gasteiger partial charge in [-0.2, -0.15) is 0 Å². The molecule has 152 valence electrons. The van der Waals surface area contributed by atoms with Crippen LogP contribution in [0.5, 0.6) is 5.75 Å². The molecule has 2 aliphatic heterocycles. The molecule has 29 heavy (non-hydrogen) atoms. The van der Waals surface area contributed by atoms with Crippen molar-refractivity contribution in [2.45, 2.75) is 51.6 Å². The second kappa shape index (κ2) is 7.25. The third-order valence-electron chi connectivity index (χ3n) is 6.27. The monoisotopic (exact) mass is 390 g/mol. The number of amides is 1. The Morgan fingerprint density at radius 1 is 1.21 bits per heavy atom. The molecule has 4 heteroatoms. The molecule has 2 aromatic carbocycles. The van der Waals surface area contributed by atoms with Gasteiger partial charge in [0.1, 0.15) is 11.4 Å². The van der Waals surface area contributed by atoms with Crippen molar-refractivity contribution in [3.05, 3.63) is 65.2 Å². The van der Waals surface area contributed by atoms with Crippen molar-refractivity contribution in [2.75, 3.05) is 18.1 Å². The molecular weight excluding hydrogens is 360 g/mol. The molecule has 1 unspecified atom stereocenters. The van der Waals surface area contributed by atoms with Gasteiger partial charge in [0.25, 0.3) is 0 Å². The second-order valence-electron chi connectivity index (χ2n) is 8.58. The van der Waals surface area contributed by atoms with E-state index in [1.807, 2.05) is 18.2 Å². The summed E-state index contributed by atoms with van der Waals surface area (Å²) in [7, 11) is 0. The number of nitrogens with one attached hydrogen (secondary N) is 1. The fourth-order valence-corrected chi connectivity index (χ4v) is 4.64. The third kappa shape index (κ3) is 3.11. The fourth-order valence-electron chi connectivity index (χ4n) is 4.64. The normalized spacial score (nSPS) is 22.3. The van der Waals surface area contributed by atoms with E-state index in [2.05, 4.69) is 74.3 Å². The number of rotatable bonds is 5. The first kappa shape index (κ1) is 19.6. The molecule has 1 fully saturated rings. The van der Waals surface area contributed by atoms with Crippen molar-refractivity contribution < 1.29 is 9.53 Å². The molecule has 2 heterocycles. The number of carbonyl (C=O) groups excluding carboxylic acids is 1. The maximum atomic E-state index is 12.5. The van der Waals surface area contributed by atoms with Gasteiger partial charge in [-0.15, -0.1) is 0 Å². The number of benzene rings is 2. The number of hydrogen-bond donors (Lipinski definition) is 1. The van der Waals surface area contributed by atoms with E-state index in [0.717, 1.165) is 17.7 Å². The lowest BCUT2D eigenvalue weighted by Crippen LogP contribution is -2.68. The number of hydrogen-bond acceptors (Lipinski definition) is 3. The first-order valence-electron chi connectivity index (χ1n) is 10.5. The highest BCUT2D eigenvalue weighted by Gasteiger charge is 2.57. The summed E-state index contributed by atoms with van der Waals surface area (Å²) in [6, 6.07) is 14.7. The van der Waals surface area contributed by atoms with Crippen molar-refractivity contribution in [2.24, 2.45) is 0 Å². The number of carbonyl (C=O) groups is 1. The van der Waals surface area contributed by atoms with Crippen LogP contribution < -0.4 is 15.0 Å². The third-order valence-corrected chi connectivity index (χ3v) is 6.27. The molecule has 0 bridgehead atoms. The zero-order valence-electron chi connectivity index (χ0n) is 17.8. The Bertz CT molecular complexity index is 963. The van der Waals surface area contributed by atoms with Crippen molar-refractivity contribution >= 4 is 17.7 Å². The molecule has 4 rings (SSSR count). The number of ether oxygens (including phenoxy) is 1. The molecule has 4 nitrogen and oxygen atoms in total. The van der Waals surface area contributed by atoms with Crippen molar-refractivity contribution in [1.29, 1.82) is 0 Å². The van der Waals surface area contributed by atoms with E-state index in [1.54, 1.807) is 0 Å². The number of aryl methyl sites for hydroxylation is 1. The topological polar surface area (TPSA) is 41.6 Å². The summed E-state index contributed by atoms with van der Waals surface area (Å²) in [5, 5.41) is 3.34. The van der Waals surface area contributed by atoms with Gasteiger partial charge in [-0.05, 0) is 37.1 Å². The average Bonchev–Trinajstić information content (AvgIpc) is 2.89. The van der Waals surface area contributed by atoms with Crippen LogP contribution in [-0.4, -0.2) is 24.7 Å². The van der Waals surface area contributed by atoms with Crippen LogP contribution in [0, 0.1) is 6.92 Å². The van der Waals surface area contributed by atoms with Crippen molar-refractivity contribution in [3.8, 4) is 5.75 Å². The predicted molar refractivity (Wildman–Crippen MR) is 118 cm³/mol. The van der Waals surface area contributed by atoms with Gasteiger partial charge in [-0.1, -0.05) is 62.7 Å². The molecule has 1 atom stereocenters. The highest BCUT2D eigenvalue weighted by Crippen LogP contribution is 2.52. The van der Waals surface area contributed by atoms with Gasteiger partial charge in [0, 0.05) is 29.6 Å². The number of para-hydroxylation sites is 1. The van der Waals surface area contributed by atoms with Crippen molar-refractivity contribution in [3.63, 3.8) is 0 Å². The predicted octanol–water partition coefficient (Wildman–Crippen LogP) is 4.81. The summed E-state index contributed by atoms with van der Waals surface area (Å²) in [6.07, 6.45) is 5.74. The Hall–Kier alpha value is -2.75. The van der Waals surface area contributed by atoms with E-state index >= 15 is 0 Å². The first-order valence-corrected chi connectivity index (χ1v) is 10.5. The lowest BCUT2D eigenvalue weighted by Gasteiger charge is -2.49. The zero-order chi connectivity index (χ0) is 20.6. The molecule has 0 aromatic heterocycles. The average molecular weight is 391 g/mol. The van der Waals surface area contributed by atoms with Crippen LogP contribution in [0.1, 0.15) is 50.3 Å². The lowest BCUT2D eigenvalue weighted by atomic mass is 9.74. The fraction of sp³-hybridized carbons (Fsp3) is 0.400. The Balaban J connectivity index is 1.80. The minimum Gasteiger partial charge on any atom is -0.493 e. The molecular formula is C25H30N2O2. The van der Waals surface area contributed by atoms with Crippen LogP contribution in [0.15, 0.2) is 48.5 Å². The van der Waals surface area contributed by atoms with Gasteiger partial charge in [-0.3, -0.25) is 4.79 Å². The number of nitrogens with zero attached hydrogens (tertiary/aromatic N) is 1. The molecule has 1 N–H and O–H groups in total. The van der Waals surface area contributed by atoms with Crippen LogP contribution in [0.25, 0.3) is 6.08 Å². The summed E-state index contributed by atoms with van der Waals surface area (Å²) in [6.45, 7) is 10.1. The quantitative estimate of drug-likeness (QED) is 0.796. The van der Waals surface area contributed by atoms with Crippen LogP contribution >= 0.6 is 0 Å².